The second-order valence-corrected chi connectivity index (χ2v) is 4.60. The molecule has 6 nitrogen and oxygen atoms in total. The number of nitrogens with one attached hydrogen (secondary N) is 1. The lowest BCUT2D eigenvalue weighted by Crippen LogP contribution is -2.55. The van der Waals surface area contributed by atoms with Gasteiger partial charge in [-0.15, -0.1) is 0 Å². The highest BCUT2D eigenvalue weighted by molar-refractivity contribution is 5.73. The Morgan fingerprint density at radius 1 is 1.24 bits per heavy atom. The van der Waals surface area contributed by atoms with Crippen LogP contribution in [0.3, 0.4) is 0 Å². The van der Waals surface area contributed by atoms with Crippen molar-refractivity contribution in [3.8, 4) is 0 Å². The maximum absolute atomic E-state index is 10.9. The average molecular weight is 243 g/mol. The Balaban J connectivity index is 1.69. The van der Waals surface area contributed by atoms with E-state index < -0.39 is 12.0 Å². The summed E-state index contributed by atoms with van der Waals surface area (Å²) in [5, 5.41) is 12.0. The SMILES string of the molecule is O=C(O)C1CN(CCN2CCOCC2)CCN1. The molecule has 2 N–H and O–H groups in total. The van der Waals surface area contributed by atoms with Gasteiger partial charge in [0.15, 0.2) is 0 Å². The van der Waals surface area contributed by atoms with Gasteiger partial charge in [0.2, 0.25) is 0 Å². The van der Waals surface area contributed by atoms with Crippen LogP contribution in [0, 0.1) is 0 Å². The van der Waals surface area contributed by atoms with Crippen molar-refractivity contribution in [2.24, 2.45) is 0 Å². The van der Waals surface area contributed by atoms with Gasteiger partial charge in [-0.05, 0) is 0 Å². The van der Waals surface area contributed by atoms with E-state index in [1.54, 1.807) is 0 Å². The van der Waals surface area contributed by atoms with Gasteiger partial charge in [-0.3, -0.25) is 14.6 Å². The second kappa shape index (κ2) is 6.30. The number of hydrogen-bond donors (Lipinski definition) is 2. The summed E-state index contributed by atoms with van der Waals surface area (Å²) in [5.74, 6) is -0.749. The summed E-state index contributed by atoms with van der Waals surface area (Å²) >= 11 is 0. The van der Waals surface area contributed by atoms with Crippen LogP contribution in [0.4, 0.5) is 0 Å². The van der Waals surface area contributed by atoms with Crippen molar-refractivity contribution in [2.75, 3.05) is 59.0 Å². The van der Waals surface area contributed by atoms with Gasteiger partial charge in [-0.2, -0.15) is 0 Å². The molecule has 0 aromatic heterocycles. The van der Waals surface area contributed by atoms with Crippen LogP contribution < -0.4 is 5.32 Å². The molecule has 1 unspecified atom stereocenters. The zero-order valence-electron chi connectivity index (χ0n) is 10.1. The van der Waals surface area contributed by atoms with E-state index in [1.165, 1.54) is 0 Å². The lowest BCUT2D eigenvalue weighted by Gasteiger charge is -2.34. The largest absolute Gasteiger partial charge is 0.480 e. The van der Waals surface area contributed by atoms with Crippen molar-refractivity contribution >= 4 is 5.97 Å². The van der Waals surface area contributed by atoms with Crippen LogP contribution >= 0.6 is 0 Å². The summed E-state index contributed by atoms with van der Waals surface area (Å²) in [6.45, 7) is 7.90. The minimum Gasteiger partial charge on any atom is -0.480 e. The summed E-state index contributed by atoms with van der Waals surface area (Å²) in [6, 6.07) is -0.409. The van der Waals surface area contributed by atoms with Gasteiger partial charge in [0.25, 0.3) is 0 Å². The van der Waals surface area contributed by atoms with E-state index in [-0.39, 0.29) is 0 Å². The molecular weight excluding hydrogens is 222 g/mol. The molecule has 2 saturated heterocycles. The van der Waals surface area contributed by atoms with Crippen molar-refractivity contribution in [1.29, 1.82) is 0 Å². The molecular formula is C11H21N3O3. The van der Waals surface area contributed by atoms with Crippen LogP contribution in [-0.2, 0) is 9.53 Å². The first-order chi connectivity index (χ1) is 8.25. The lowest BCUT2D eigenvalue weighted by molar-refractivity contribution is -0.140. The molecule has 0 bridgehead atoms. The smallest absolute Gasteiger partial charge is 0.322 e. The average Bonchev–Trinajstić information content (AvgIpc) is 2.38. The Labute approximate surface area is 102 Å². The minimum absolute atomic E-state index is 0.409. The Morgan fingerprint density at radius 3 is 2.65 bits per heavy atom. The van der Waals surface area contributed by atoms with Crippen molar-refractivity contribution in [3.63, 3.8) is 0 Å². The Hall–Kier alpha value is -0.690. The number of carboxylic acid groups (broad SMARTS) is 1. The number of aliphatic carboxylic acids is 1. The molecule has 0 aromatic rings. The van der Waals surface area contributed by atoms with Crippen LogP contribution in [0.25, 0.3) is 0 Å². The number of nitrogens with zero attached hydrogens (tertiary/aromatic N) is 2. The number of morpholine rings is 1. The fourth-order valence-electron chi connectivity index (χ4n) is 2.29. The second-order valence-electron chi connectivity index (χ2n) is 4.60. The summed E-state index contributed by atoms with van der Waals surface area (Å²) < 4.78 is 5.30. The predicted octanol–water partition coefficient (Wildman–Crippen LogP) is -1.32. The monoisotopic (exact) mass is 243 g/mol. The maximum atomic E-state index is 10.9. The van der Waals surface area contributed by atoms with Gasteiger partial charge >= 0.3 is 5.97 Å². The molecule has 0 amide bonds. The number of ether oxygens (including phenoxy) is 1. The molecule has 0 saturated carbocycles. The van der Waals surface area contributed by atoms with E-state index in [0.717, 1.165) is 52.5 Å². The Bertz CT molecular complexity index is 256. The number of rotatable bonds is 4. The third-order valence-corrected chi connectivity index (χ3v) is 3.39. The fraction of sp³-hybridized carbons (Fsp3) is 0.909. The van der Waals surface area contributed by atoms with Gasteiger partial charge in [0.1, 0.15) is 6.04 Å². The molecule has 2 heterocycles. The first-order valence-electron chi connectivity index (χ1n) is 6.24. The molecule has 2 aliphatic rings. The molecule has 2 aliphatic heterocycles. The highest BCUT2D eigenvalue weighted by atomic mass is 16.5. The molecule has 0 spiro atoms. The predicted molar refractivity (Wildman–Crippen MR) is 63.1 cm³/mol. The maximum Gasteiger partial charge on any atom is 0.322 e. The minimum atomic E-state index is -0.749. The zero-order valence-corrected chi connectivity index (χ0v) is 10.1. The van der Waals surface area contributed by atoms with Crippen LogP contribution in [0.2, 0.25) is 0 Å². The highest BCUT2D eigenvalue weighted by Crippen LogP contribution is 2.02. The lowest BCUT2D eigenvalue weighted by atomic mass is 10.2. The zero-order chi connectivity index (χ0) is 12.1. The van der Waals surface area contributed by atoms with E-state index in [9.17, 15) is 4.79 Å². The number of carboxylic acids is 1. The third kappa shape index (κ3) is 3.92. The molecule has 1 atom stereocenters. The van der Waals surface area contributed by atoms with Gasteiger partial charge in [-0.1, -0.05) is 0 Å². The van der Waals surface area contributed by atoms with Crippen molar-refractivity contribution in [2.45, 2.75) is 6.04 Å². The van der Waals surface area contributed by atoms with Crippen LogP contribution in [0.15, 0.2) is 0 Å². The summed E-state index contributed by atoms with van der Waals surface area (Å²) in [4.78, 5) is 15.5. The third-order valence-electron chi connectivity index (χ3n) is 3.39. The Kier molecular flexibility index (Phi) is 4.73. The quantitative estimate of drug-likeness (QED) is 0.638. The first-order valence-corrected chi connectivity index (χ1v) is 6.24. The molecule has 98 valence electrons. The van der Waals surface area contributed by atoms with Gasteiger partial charge in [0.05, 0.1) is 13.2 Å². The standard InChI is InChI=1S/C11H21N3O3/c15-11(16)10-9-14(2-1-12-10)4-3-13-5-7-17-8-6-13/h10,12H,1-9H2,(H,15,16). The van der Waals surface area contributed by atoms with Gasteiger partial charge in [-0.25, -0.2) is 0 Å². The van der Waals surface area contributed by atoms with E-state index in [4.69, 9.17) is 9.84 Å². The summed E-state index contributed by atoms with van der Waals surface area (Å²) in [7, 11) is 0. The topological polar surface area (TPSA) is 65.0 Å². The van der Waals surface area contributed by atoms with E-state index in [2.05, 4.69) is 15.1 Å². The molecule has 0 aromatic carbocycles. The first kappa shape index (κ1) is 12.8. The number of carbonyl (C=O) groups is 1. The van der Waals surface area contributed by atoms with Gasteiger partial charge < -0.3 is 15.2 Å². The van der Waals surface area contributed by atoms with Crippen molar-refractivity contribution < 1.29 is 14.6 Å². The molecule has 17 heavy (non-hydrogen) atoms. The fourth-order valence-corrected chi connectivity index (χ4v) is 2.29. The summed E-state index contributed by atoms with van der Waals surface area (Å²) in [6.07, 6.45) is 0. The number of hydrogen-bond acceptors (Lipinski definition) is 5. The highest BCUT2D eigenvalue weighted by Gasteiger charge is 2.24. The van der Waals surface area contributed by atoms with E-state index in [1.807, 2.05) is 0 Å². The molecule has 2 fully saturated rings. The van der Waals surface area contributed by atoms with Crippen LogP contribution in [0.5, 0.6) is 0 Å². The van der Waals surface area contributed by atoms with Gasteiger partial charge in [0, 0.05) is 45.8 Å². The summed E-state index contributed by atoms with van der Waals surface area (Å²) in [5.41, 5.74) is 0. The number of piperazine rings is 1. The molecule has 0 radical (unpaired) electrons. The normalized spacial score (nSPS) is 28.1. The van der Waals surface area contributed by atoms with Crippen LogP contribution in [0.1, 0.15) is 0 Å². The van der Waals surface area contributed by atoms with E-state index >= 15 is 0 Å². The van der Waals surface area contributed by atoms with Crippen molar-refractivity contribution in [3.05, 3.63) is 0 Å². The Morgan fingerprint density at radius 2 is 1.94 bits per heavy atom. The van der Waals surface area contributed by atoms with Crippen LogP contribution in [-0.4, -0.2) is 85.9 Å². The molecule has 6 heteroatoms. The molecule has 0 aliphatic carbocycles. The van der Waals surface area contributed by atoms with Crippen molar-refractivity contribution in [1.82, 2.24) is 15.1 Å². The van der Waals surface area contributed by atoms with E-state index in [0.29, 0.717) is 6.54 Å². The molecule has 2 rings (SSSR count).